The normalized spacial score (nSPS) is 32.0. The lowest BCUT2D eigenvalue weighted by molar-refractivity contribution is -0.142. The lowest BCUT2D eigenvalue weighted by Gasteiger charge is -2.33. The monoisotopic (exact) mass is 336 g/mol. The summed E-state index contributed by atoms with van der Waals surface area (Å²) in [5.41, 5.74) is 0. The molecule has 1 saturated heterocycles. The van der Waals surface area contributed by atoms with Crippen LogP contribution in [-0.2, 0) is 15.0 Å². The molecule has 2 fully saturated rings. The van der Waals surface area contributed by atoms with E-state index < -0.39 is 22.1 Å². The van der Waals surface area contributed by atoms with Gasteiger partial charge in [0, 0.05) is 24.4 Å². The zero-order valence-electron chi connectivity index (χ0n) is 12.3. The zero-order valence-corrected chi connectivity index (χ0v) is 14.0. The Balaban J connectivity index is 1.91. The van der Waals surface area contributed by atoms with Crippen LogP contribution < -0.4 is 4.72 Å². The molecule has 0 spiro atoms. The van der Waals surface area contributed by atoms with Crippen molar-refractivity contribution in [2.24, 2.45) is 5.92 Å². The molecule has 2 rings (SSSR count). The molecular formula is C13H24N2O4S2. The van der Waals surface area contributed by atoms with Gasteiger partial charge in [-0.25, -0.2) is 0 Å². The number of thioether (sulfide) groups is 1. The number of piperidine rings is 1. The summed E-state index contributed by atoms with van der Waals surface area (Å²) < 4.78 is 28.8. The molecule has 0 bridgehead atoms. The molecule has 0 aromatic carbocycles. The second kappa shape index (κ2) is 7.30. The Hall–Kier alpha value is -0.310. The van der Waals surface area contributed by atoms with E-state index in [-0.39, 0.29) is 12.6 Å². The second-order valence-corrected chi connectivity index (χ2v) is 8.71. The van der Waals surface area contributed by atoms with Gasteiger partial charge in [0.2, 0.25) is 0 Å². The highest BCUT2D eigenvalue weighted by Crippen LogP contribution is 2.28. The first-order valence-electron chi connectivity index (χ1n) is 7.45. The summed E-state index contributed by atoms with van der Waals surface area (Å²) in [5.74, 6) is -1.49. The van der Waals surface area contributed by atoms with Gasteiger partial charge in [-0.15, -0.1) is 0 Å². The third-order valence-corrected chi connectivity index (χ3v) is 7.18. The van der Waals surface area contributed by atoms with Gasteiger partial charge in [0.15, 0.2) is 0 Å². The summed E-state index contributed by atoms with van der Waals surface area (Å²) in [7, 11) is -3.56. The molecule has 2 aliphatic rings. The number of hydrogen-bond acceptors (Lipinski definition) is 4. The molecule has 0 radical (unpaired) electrons. The van der Waals surface area contributed by atoms with Gasteiger partial charge in [-0.1, -0.05) is 0 Å². The van der Waals surface area contributed by atoms with Gasteiger partial charge in [-0.2, -0.15) is 29.2 Å². The van der Waals surface area contributed by atoms with E-state index in [1.165, 1.54) is 4.31 Å². The van der Waals surface area contributed by atoms with Crippen LogP contribution in [0.5, 0.6) is 0 Å². The van der Waals surface area contributed by atoms with Gasteiger partial charge in [0.1, 0.15) is 0 Å². The van der Waals surface area contributed by atoms with Crippen molar-refractivity contribution in [1.82, 2.24) is 9.03 Å². The Labute approximate surface area is 130 Å². The average molecular weight is 336 g/mol. The van der Waals surface area contributed by atoms with Crippen LogP contribution in [0.1, 0.15) is 38.5 Å². The molecule has 0 aromatic heterocycles. The van der Waals surface area contributed by atoms with E-state index in [0.29, 0.717) is 24.6 Å². The maximum Gasteiger partial charge on any atom is 0.307 e. The quantitative estimate of drug-likeness (QED) is 0.790. The van der Waals surface area contributed by atoms with E-state index in [0.717, 1.165) is 25.7 Å². The lowest BCUT2D eigenvalue weighted by Crippen LogP contribution is -2.50. The van der Waals surface area contributed by atoms with E-state index in [9.17, 15) is 13.2 Å². The van der Waals surface area contributed by atoms with Crippen molar-refractivity contribution in [3.05, 3.63) is 0 Å². The van der Waals surface area contributed by atoms with Crippen molar-refractivity contribution in [2.75, 3.05) is 19.3 Å². The van der Waals surface area contributed by atoms with Crippen molar-refractivity contribution in [3.63, 3.8) is 0 Å². The topological polar surface area (TPSA) is 86.7 Å². The molecule has 6 nitrogen and oxygen atoms in total. The smallest absolute Gasteiger partial charge is 0.307 e. The molecule has 8 heteroatoms. The molecular weight excluding hydrogens is 312 g/mol. The van der Waals surface area contributed by atoms with Gasteiger partial charge < -0.3 is 5.11 Å². The maximum atomic E-state index is 12.4. The van der Waals surface area contributed by atoms with Crippen molar-refractivity contribution in [1.29, 1.82) is 0 Å². The lowest BCUT2D eigenvalue weighted by atomic mass is 9.96. The van der Waals surface area contributed by atoms with Crippen LogP contribution in [-0.4, -0.2) is 54.4 Å². The number of carboxylic acid groups (broad SMARTS) is 1. The SMILES string of the molecule is CSC1CCC(NS(=O)(=O)N2CCCC(C(=O)O)C2)CC1. The fraction of sp³-hybridized carbons (Fsp3) is 0.923. The number of aliphatic carboxylic acids is 1. The van der Waals surface area contributed by atoms with E-state index in [2.05, 4.69) is 11.0 Å². The highest BCUT2D eigenvalue weighted by molar-refractivity contribution is 7.99. The highest BCUT2D eigenvalue weighted by atomic mass is 32.2. The van der Waals surface area contributed by atoms with Crippen LogP contribution in [0, 0.1) is 5.92 Å². The number of carbonyl (C=O) groups is 1. The Bertz CT molecular complexity index is 461. The predicted octanol–water partition coefficient (Wildman–Crippen LogP) is 1.29. The fourth-order valence-corrected chi connectivity index (χ4v) is 5.36. The summed E-state index contributed by atoms with van der Waals surface area (Å²) >= 11 is 1.84. The molecule has 1 aliphatic carbocycles. The largest absolute Gasteiger partial charge is 0.481 e. The first-order valence-corrected chi connectivity index (χ1v) is 10.2. The van der Waals surface area contributed by atoms with Gasteiger partial charge in [0.25, 0.3) is 10.2 Å². The van der Waals surface area contributed by atoms with E-state index >= 15 is 0 Å². The first-order chi connectivity index (χ1) is 9.92. The number of rotatable bonds is 5. The minimum atomic E-state index is -3.56. The highest BCUT2D eigenvalue weighted by Gasteiger charge is 2.34. The third kappa shape index (κ3) is 4.58. The minimum absolute atomic E-state index is 0.0106. The molecule has 122 valence electrons. The van der Waals surface area contributed by atoms with Crippen LogP contribution >= 0.6 is 11.8 Å². The number of nitrogens with zero attached hydrogens (tertiary/aromatic N) is 1. The summed E-state index contributed by atoms with van der Waals surface area (Å²) in [6.45, 7) is 0.504. The maximum absolute atomic E-state index is 12.4. The molecule has 0 aromatic rings. The third-order valence-electron chi connectivity index (χ3n) is 4.40. The summed E-state index contributed by atoms with van der Waals surface area (Å²) in [4.78, 5) is 11.0. The number of nitrogens with one attached hydrogen (secondary N) is 1. The van der Waals surface area contributed by atoms with Gasteiger partial charge in [0.05, 0.1) is 5.92 Å². The predicted molar refractivity (Wildman–Crippen MR) is 83.5 cm³/mol. The van der Waals surface area contributed by atoms with Crippen molar-refractivity contribution in [2.45, 2.75) is 49.8 Å². The van der Waals surface area contributed by atoms with E-state index in [1.54, 1.807) is 0 Å². The average Bonchev–Trinajstić information content (AvgIpc) is 2.48. The van der Waals surface area contributed by atoms with Gasteiger partial charge >= 0.3 is 5.97 Å². The van der Waals surface area contributed by atoms with Crippen LogP contribution in [0.2, 0.25) is 0 Å². The first kappa shape index (κ1) is 17.1. The second-order valence-electron chi connectivity index (χ2n) is 5.87. The fourth-order valence-electron chi connectivity index (χ4n) is 3.06. The Morgan fingerprint density at radius 2 is 1.90 bits per heavy atom. The minimum Gasteiger partial charge on any atom is -0.481 e. The summed E-state index contributed by atoms with van der Waals surface area (Å²) in [6.07, 6.45) is 7.05. The van der Waals surface area contributed by atoms with Crippen molar-refractivity contribution in [3.8, 4) is 0 Å². The van der Waals surface area contributed by atoms with E-state index in [4.69, 9.17) is 5.11 Å². The Kier molecular flexibility index (Phi) is 5.93. The van der Waals surface area contributed by atoms with E-state index in [1.807, 2.05) is 11.8 Å². The van der Waals surface area contributed by atoms with Crippen LogP contribution in [0.4, 0.5) is 0 Å². The molecule has 21 heavy (non-hydrogen) atoms. The molecule has 1 heterocycles. The van der Waals surface area contributed by atoms with Gasteiger partial charge in [-0.3, -0.25) is 4.79 Å². The molecule has 0 amide bonds. The molecule has 1 saturated carbocycles. The molecule has 2 N–H and O–H groups in total. The number of carboxylic acids is 1. The van der Waals surface area contributed by atoms with Crippen LogP contribution in [0.15, 0.2) is 0 Å². The van der Waals surface area contributed by atoms with Crippen molar-refractivity contribution < 1.29 is 18.3 Å². The standard InChI is InChI=1S/C13H24N2O4S2/c1-20-12-6-4-11(5-7-12)14-21(18,19)15-8-2-3-10(9-15)13(16)17/h10-12,14H,2-9H2,1H3,(H,16,17). The Morgan fingerprint density at radius 1 is 1.24 bits per heavy atom. The summed E-state index contributed by atoms with van der Waals surface area (Å²) in [5, 5.41) is 9.69. The Morgan fingerprint density at radius 3 is 2.48 bits per heavy atom. The summed E-state index contributed by atoms with van der Waals surface area (Å²) in [6, 6.07) is -0.0106. The zero-order chi connectivity index (χ0) is 15.5. The molecule has 1 atom stereocenters. The van der Waals surface area contributed by atoms with Crippen LogP contribution in [0.3, 0.4) is 0 Å². The molecule has 1 aliphatic heterocycles. The number of hydrogen-bond donors (Lipinski definition) is 2. The van der Waals surface area contributed by atoms with Crippen molar-refractivity contribution >= 4 is 27.9 Å². The van der Waals surface area contributed by atoms with Gasteiger partial charge in [-0.05, 0) is 44.8 Å². The van der Waals surface area contributed by atoms with Crippen LogP contribution in [0.25, 0.3) is 0 Å². The molecule has 1 unspecified atom stereocenters.